The van der Waals surface area contributed by atoms with E-state index in [0.717, 1.165) is 17.7 Å². The Morgan fingerprint density at radius 2 is 2.11 bits per heavy atom. The number of nitro benzene ring substituents is 1. The van der Waals surface area contributed by atoms with Gasteiger partial charge >= 0.3 is 6.18 Å². The number of halogens is 3. The molecule has 1 rings (SSSR count). The highest BCUT2D eigenvalue weighted by molar-refractivity contribution is 5.55. The van der Waals surface area contributed by atoms with Crippen molar-refractivity contribution >= 4 is 11.4 Å². The molecule has 0 aliphatic carbocycles. The van der Waals surface area contributed by atoms with E-state index in [-0.39, 0.29) is 5.69 Å². The molecule has 0 bridgehead atoms. The minimum absolute atomic E-state index is 0.163. The first-order valence-corrected chi connectivity index (χ1v) is 4.95. The van der Waals surface area contributed by atoms with Gasteiger partial charge in [-0.15, -0.1) is 0 Å². The Morgan fingerprint density at radius 1 is 1.50 bits per heavy atom. The second-order valence-electron chi connectivity index (χ2n) is 3.80. The maximum atomic E-state index is 12.6. The molecule has 0 heterocycles. The third kappa shape index (κ3) is 3.47. The Kier molecular flexibility index (Phi) is 3.95. The summed E-state index contributed by atoms with van der Waals surface area (Å²) in [5.41, 5.74) is -1.32. The summed E-state index contributed by atoms with van der Waals surface area (Å²) in [6.07, 6.45) is -4.76. The molecule has 0 spiro atoms. The number of anilines is 1. The zero-order valence-electron chi connectivity index (χ0n) is 9.54. The number of benzene rings is 1. The summed E-state index contributed by atoms with van der Waals surface area (Å²) >= 11 is 0. The van der Waals surface area contributed by atoms with Crippen molar-refractivity contribution in [3.63, 3.8) is 0 Å². The highest BCUT2D eigenvalue weighted by Gasteiger charge is 2.38. The van der Waals surface area contributed by atoms with Crippen LogP contribution >= 0.6 is 0 Å². The molecule has 0 amide bonds. The molecular formula is C11H11F3N2O2. The van der Waals surface area contributed by atoms with Crippen molar-refractivity contribution in [2.24, 2.45) is 0 Å². The smallest absolute Gasteiger partial charge is 0.381 e. The third-order valence-electron chi connectivity index (χ3n) is 2.09. The molecule has 0 aromatic heterocycles. The van der Waals surface area contributed by atoms with Gasteiger partial charge in [-0.05, 0) is 19.1 Å². The fourth-order valence-electron chi connectivity index (χ4n) is 1.29. The predicted octanol–water partition coefficient (Wildman–Crippen LogP) is 3.60. The van der Waals surface area contributed by atoms with Crippen molar-refractivity contribution in [1.29, 1.82) is 0 Å². The zero-order valence-corrected chi connectivity index (χ0v) is 9.54. The number of rotatable bonds is 4. The number of hydrogen-bond donors (Lipinski definition) is 1. The van der Waals surface area contributed by atoms with Crippen LogP contribution in [0.25, 0.3) is 0 Å². The zero-order chi connectivity index (χ0) is 13.9. The normalized spacial score (nSPS) is 11.1. The highest BCUT2D eigenvalue weighted by atomic mass is 19.4. The largest absolute Gasteiger partial charge is 0.423 e. The molecule has 0 unspecified atom stereocenters. The van der Waals surface area contributed by atoms with Crippen molar-refractivity contribution < 1.29 is 18.1 Å². The Hall–Kier alpha value is -2.05. The SMILES string of the molecule is C=C(C)CNc1ccc([N+](=O)[O-])c(C(F)(F)F)c1. The molecule has 0 atom stereocenters. The Morgan fingerprint density at radius 3 is 2.56 bits per heavy atom. The van der Waals surface area contributed by atoms with Crippen molar-refractivity contribution in [3.8, 4) is 0 Å². The molecule has 1 N–H and O–H groups in total. The van der Waals surface area contributed by atoms with E-state index in [1.165, 1.54) is 6.07 Å². The van der Waals surface area contributed by atoms with Gasteiger partial charge in [-0.3, -0.25) is 10.1 Å². The van der Waals surface area contributed by atoms with Crippen LogP contribution in [0.3, 0.4) is 0 Å². The number of alkyl halides is 3. The van der Waals surface area contributed by atoms with E-state index in [4.69, 9.17) is 0 Å². The number of nitrogens with zero attached hydrogens (tertiary/aromatic N) is 1. The van der Waals surface area contributed by atoms with E-state index in [1.54, 1.807) is 6.92 Å². The summed E-state index contributed by atoms with van der Waals surface area (Å²) in [5.74, 6) is 0. The average Bonchev–Trinajstić information content (AvgIpc) is 2.24. The average molecular weight is 260 g/mol. The van der Waals surface area contributed by atoms with Gasteiger partial charge in [0, 0.05) is 18.3 Å². The lowest BCUT2D eigenvalue weighted by Crippen LogP contribution is -2.10. The van der Waals surface area contributed by atoms with Gasteiger partial charge in [0.25, 0.3) is 5.69 Å². The minimum Gasteiger partial charge on any atom is -0.381 e. The van der Waals surface area contributed by atoms with E-state index >= 15 is 0 Å². The molecular weight excluding hydrogens is 249 g/mol. The van der Waals surface area contributed by atoms with Crippen LogP contribution < -0.4 is 5.32 Å². The van der Waals surface area contributed by atoms with Crippen LogP contribution in [0, 0.1) is 10.1 Å². The summed E-state index contributed by atoms with van der Waals surface area (Å²) in [5, 5.41) is 13.2. The monoisotopic (exact) mass is 260 g/mol. The Balaban J connectivity index is 3.14. The number of nitrogens with one attached hydrogen (secondary N) is 1. The first-order valence-electron chi connectivity index (χ1n) is 4.95. The molecule has 0 saturated carbocycles. The van der Waals surface area contributed by atoms with Crippen LogP contribution in [0.2, 0.25) is 0 Å². The van der Waals surface area contributed by atoms with Crippen molar-refractivity contribution in [3.05, 3.63) is 46.0 Å². The number of nitro groups is 1. The standard InChI is InChI=1S/C11H11F3N2O2/c1-7(2)6-15-8-3-4-10(16(17)18)9(5-8)11(12,13)14/h3-5,15H,1,6H2,2H3. The van der Waals surface area contributed by atoms with E-state index in [0.29, 0.717) is 6.54 Å². The van der Waals surface area contributed by atoms with Crippen LogP contribution in [0.4, 0.5) is 24.5 Å². The molecule has 7 heteroatoms. The summed E-state index contributed by atoms with van der Waals surface area (Å²) in [4.78, 5) is 9.47. The maximum Gasteiger partial charge on any atom is 0.423 e. The van der Waals surface area contributed by atoms with Crippen molar-refractivity contribution in [1.82, 2.24) is 0 Å². The molecule has 0 aliphatic rings. The number of hydrogen-bond acceptors (Lipinski definition) is 3. The second-order valence-corrected chi connectivity index (χ2v) is 3.80. The molecule has 4 nitrogen and oxygen atoms in total. The lowest BCUT2D eigenvalue weighted by Gasteiger charge is -2.11. The van der Waals surface area contributed by atoms with Gasteiger partial charge in [-0.25, -0.2) is 0 Å². The first-order chi connectivity index (χ1) is 8.21. The van der Waals surface area contributed by atoms with Gasteiger partial charge in [0.2, 0.25) is 0 Å². The van der Waals surface area contributed by atoms with Crippen LogP contribution in [-0.2, 0) is 6.18 Å². The van der Waals surface area contributed by atoms with E-state index in [9.17, 15) is 23.3 Å². The minimum atomic E-state index is -4.76. The molecule has 1 aromatic rings. The molecule has 0 fully saturated rings. The van der Waals surface area contributed by atoms with Gasteiger partial charge in [0.05, 0.1) is 4.92 Å². The van der Waals surface area contributed by atoms with Gasteiger partial charge in [0.15, 0.2) is 0 Å². The van der Waals surface area contributed by atoms with E-state index < -0.39 is 22.4 Å². The van der Waals surface area contributed by atoms with Gasteiger partial charge in [-0.2, -0.15) is 13.2 Å². The Labute approximate surface area is 101 Å². The van der Waals surface area contributed by atoms with E-state index in [2.05, 4.69) is 11.9 Å². The Bertz CT molecular complexity index is 484. The summed E-state index contributed by atoms with van der Waals surface area (Å²) < 4.78 is 37.9. The summed E-state index contributed by atoms with van der Waals surface area (Å²) in [7, 11) is 0. The summed E-state index contributed by atoms with van der Waals surface area (Å²) in [6, 6.07) is 2.79. The van der Waals surface area contributed by atoms with Gasteiger partial charge in [-0.1, -0.05) is 12.2 Å². The topological polar surface area (TPSA) is 55.2 Å². The van der Waals surface area contributed by atoms with Crippen LogP contribution in [0.5, 0.6) is 0 Å². The van der Waals surface area contributed by atoms with Gasteiger partial charge in [0.1, 0.15) is 5.56 Å². The molecule has 0 aliphatic heterocycles. The fourth-order valence-corrected chi connectivity index (χ4v) is 1.29. The van der Waals surface area contributed by atoms with E-state index in [1.807, 2.05) is 0 Å². The van der Waals surface area contributed by atoms with Crippen LogP contribution in [0.1, 0.15) is 12.5 Å². The predicted molar refractivity (Wildman–Crippen MR) is 61.4 cm³/mol. The van der Waals surface area contributed by atoms with Crippen LogP contribution in [0.15, 0.2) is 30.4 Å². The molecule has 0 saturated heterocycles. The third-order valence-corrected chi connectivity index (χ3v) is 2.09. The molecule has 1 aromatic carbocycles. The lowest BCUT2D eigenvalue weighted by atomic mass is 10.1. The van der Waals surface area contributed by atoms with Crippen LogP contribution in [-0.4, -0.2) is 11.5 Å². The molecule has 98 valence electrons. The van der Waals surface area contributed by atoms with Crippen molar-refractivity contribution in [2.45, 2.75) is 13.1 Å². The quantitative estimate of drug-likeness (QED) is 0.511. The maximum absolute atomic E-state index is 12.6. The summed E-state index contributed by atoms with van der Waals surface area (Å²) in [6.45, 7) is 5.61. The molecule has 18 heavy (non-hydrogen) atoms. The highest BCUT2D eigenvalue weighted by Crippen LogP contribution is 2.37. The fraction of sp³-hybridized carbons (Fsp3) is 0.273. The first kappa shape index (κ1) is 14.0. The van der Waals surface area contributed by atoms with Gasteiger partial charge < -0.3 is 5.32 Å². The van der Waals surface area contributed by atoms with Crippen molar-refractivity contribution in [2.75, 3.05) is 11.9 Å². The second kappa shape index (κ2) is 5.07. The molecule has 0 radical (unpaired) electrons. The lowest BCUT2D eigenvalue weighted by molar-refractivity contribution is -0.388.